The van der Waals surface area contributed by atoms with Crippen molar-refractivity contribution in [3.05, 3.63) is 11.6 Å². The van der Waals surface area contributed by atoms with Crippen LogP contribution in [0, 0.1) is 0 Å². The highest BCUT2D eigenvalue weighted by molar-refractivity contribution is 5.82. The highest BCUT2D eigenvalue weighted by Gasteiger charge is 1.99. The number of rotatable bonds is 45. The van der Waals surface area contributed by atoms with Crippen LogP contribution >= 0.6 is 0 Å². The number of allylic oxidation sites excluding steroid dienone is 1. The second-order valence-corrected chi connectivity index (χ2v) is 10.7. The zero-order valence-corrected chi connectivity index (χ0v) is 31.8. The van der Waals surface area contributed by atoms with E-state index in [4.69, 9.17) is 76.2 Å². The number of aliphatic hydroxyl groups is 1. The van der Waals surface area contributed by atoms with Crippen LogP contribution in [0.25, 0.3) is 0 Å². The smallest absolute Gasteiger partial charge is 0.330 e. The van der Waals surface area contributed by atoms with E-state index < -0.39 is 0 Å². The number of hydrogen-bond acceptors (Lipinski definition) is 17. The molecule has 0 unspecified atom stereocenters. The van der Waals surface area contributed by atoms with Crippen molar-refractivity contribution >= 4 is 5.97 Å². The predicted octanol–water partition coefficient (Wildman–Crippen LogP) is 0.721. The fraction of sp³-hybridized carbons (Fsp3) is 0.914. The SMILES string of the molecule is CC(C)=CC(=O)OCCOCCOCCOCCOCCOCCOCCOCCOCCOCCOCCOCCOCCOCCOCCO. The van der Waals surface area contributed by atoms with Crippen LogP contribution < -0.4 is 0 Å². The van der Waals surface area contributed by atoms with E-state index in [1.54, 1.807) is 0 Å². The van der Waals surface area contributed by atoms with E-state index in [9.17, 15) is 4.79 Å². The lowest BCUT2D eigenvalue weighted by Gasteiger charge is -2.09. The topological polar surface area (TPSA) is 176 Å². The summed E-state index contributed by atoms with van der Waals surface area (Å²) >= 11 is 0. The molecule has 0 aromatic heterocycles. The zero-order chi connectivity index (χ0) is 37.7. The quantitative estimate of drug-likeness (QED) is 0.0522. The Bertz CT molecular complexity index is 728. The predicted molar refractivity (Wildman–Crippen MR) is 189 cm³/mol. The lowest BCUT2D eigenvalue weighted by Crippen LogP contribution is -2.16. The number of carbonyl (C=O) groups excluding carboxylic acids is 1. The van der Waals surface area contributed by atoms with Crippen molar-refractivity contribution in [3.63, 3.8) is 0 Å². The average molecular weight is 761 g/mol. The summed E-state index contributed by atoms with van der Waals surface area (Å²) in [5, 5.41) is 8.58. The molecule has 0 radical (unpaired) electrons. The van der Waals surface area contributed by atoms with Crippen LogP contribution in [-0.4, -0.2) is 209 Å². The molecule has 0 atom stereocenters. The van der Waals surface area contributed by atoms with Crippen LogP contribution in [0.15, 0.2) is 11.6 Å². The van der Waals surface area contributed by atoms with Crippen molar-refractivity contribution in [2.75, 3.05) is 198 Å². The molecule has 0 aliphatic heterocycles. The maximum Gasteiger partial charge on any atom is 0.330 e. The molecule has 1 N–H and O–H groups in total. The molecule has 17 heteroatoms. The van der Waals surface area contributed by atoms with Gasteiger partial charge < -0.3 is 76.2 Å². The van der Waals surface area contributed by atoms with Gasteiger partial charge in [-0.05, 0) is 13.8 Å². The van der Waals surface area contributed by atoms with Crippen molar-refractivity contribution in [2.45, 2.75) is 13.8 Å². The molecule has 0 saturated carbocycles. The number of esters is 1. The maximum absolute atomic E-state index is 11.3. The molecule has 0 bridgehead atoms. The van der Waals surface area contributed by atoms with E-state index in [2.05, 4.69) is 0 Å². The van der Waals surface area contributed by atoms with Crippen molar-refractivity contribution < 1.29 is 81.0 Å². The number of ether oxygens (including phenoxy) is 15. The molecule has 0 aliphatic carbocycles. The van der Waals surface area contributed by atoms with Gasteiger partial charge in [-0.1, -0.05) is 5.57 Å². The monoisotopic (exact) mass is 760 g/mol. The first-order valence-electron chi connectivity index (χ1n) is 18.2. The van der Waals surface area contributed by atoms with Crippen molar-refractivity contribution in [1.29, 1.82) is 0 Å². The molecular formula is C35H68O17. The van der Waals surface area contributed by atoms with E-state index in [-0.39, 0.29) is 19.2 Å². The first kappa shape index (κ1) is 50.6. The third-order valence-electron chi connectivity index (χ3n) is 5.95. The number of aliphatic hydroxyl groups excluding tert-OH is 1. The van der Waals surface area contributed by atoms with Gasteiger partial charge in [-0.15, -0.1) is 0 Å². The van der Waals surface area contributed by atoms with Crippen LogP contribution in [0.5, 0.6) is 0 Å². The molecule has 310 valence electrons. The largest absolute Gasteiger partial charge is 0.460 e. The molecule has 0 spiro atoms. The Hall–Kier alpha value is -1.39. The molecule has 52 heavy (non-hydrogen) atoms. The van der Waals surface area contributed by atoms with Gasteiger partial charge in [0.15, 0.2) is 0 Å². The first-order chi connectivity index (χ1) is 25.7. The van der Waals surface area contributed by atoms with Gasteiger partial charge in [0.05, 0.1) is 192 Å². The molecular weight excluding hydrogens is 692 g/mol. The Morgan fingerprint density at radius 1 is 0.327 bits per heavy atom. The molecule has 0 aromatic carbocycles. The van der Waals surface area contributed by atoms with Crippen molar-refractivity contribution in [2.24, 2.45) is 0 Å². The van der Waals surface area contributed by atoms with Crippen LogP contribution in [0.4, 0.5) is 0 Å². The van der Waals surface area contributed by atoms with Gasteiger partial charge in [-0.2, -0.15) is 0 Å². The zero-order valence-electron chi connectivity index (χ0n) is 31.8. The fourth-order valence-corrected chi connectivity index (χ4v) is 3.50. The Morgan fingerprint density at radius 3 is 0.673 bits per heavy atom. The van der Waals surface area contributed by atoms with Gasteiger partial charge in [0.25, 0.3) is 0 Å². The van der Waals surface area contributed by atoms with Gasteiger partial charge >= 0.3 is 5.97 Å². The van der Waals surface area contributed by atoms with Gasteiger partial charge in [-0.25, -0.2) is 4.79 Å². The Balaban J connectivity index is 3.08. The molecule has 0 amide bonds. The van der Waals surface area contributed by atoms with E-state index in [1.165, 1.54) is 6.08 Å². The van der Waals surface area contributed by atoms with Gasteiger partial charge in [0.2, 0.25) is 0 Å². The summed E-state index contributed by atoms with van der Waals surface area (Å²) in [5.74, 6) is -0.356. The molecule has 0 aliphatic rings. The Morgan fingerprint density at radius 2 is 0.500 bits per heavy atom. The summed E-state index contributed by atoms with van der Waals surface area (Å²) in [6.07, 6.45) is 1.45. The standard InChI is InChI=1S/C35H68O17/c1-34(2)33-35(37)52-32-31-51-30-29-50-28-27-49-26-25-48-24-23-47-22-21-46-20-19-45-18-17-44-16-15-43-14-13-42-12-11-41-10-9-40-8-7-39-6-5-38-4-3-36/h33,36H,3-32H2,1-2H3. The lowest BCUT2D eigenvalue weighted by molar-refractivity contribution is -0.139. The second kappa shape index (κ2) is 45.8. The minimum Gasteiger partial charge on any atom is -0.460 e. The van der Waals surface area contributed by atoms with E-state index >= 15 is 0 Å². The number of hydrogen-bond donors (Lipinski definition) is 1. The van der Waals surface area contributed by atoms with Gasteiger partial charge in [0, 0.05) is 6.08 Å². The van der Waals surface area contributed by atoms with Crippen molar-refractivity contribution in [1.82, 2.24) is 0 Å². The van der Waals surface area contributed by atoms with E-state index in [0.717, 1.165) is 5.57 Å². The summed E-state index contributed by atoms with van der Waals surface area (Å²) in [4.78, 5) is 11.3. The third-order valence-corrected chi connectivity index (χ3v) is 5.95. The summed E-state index contributed by atoms with van der Waals surface area (Å²) in [6, 6.07) is 0. The second-order valence-electron chi connectivity index (χ2n) is 10.7. The highest BCUT2D eigenvalue weighted by atomic mass is 16.6. The first-order valence-corrected chi connectivity index (χ1v) is 18.2. The van der Waals surface area contributed by atoms with Crippen LogP contribution in [0.3, 0.4) is 0 Å². The summed E-state index contributed by atoms with van der Waals surface area (Å²) in [6.45, 7) is 17.2. The summed E-state index contributed by atoms with van der Waals surface area (Å²) in [5.41, 5.74) is 0.896. The summed E-state index contributed by atoms with van der Waals surface area (Å²) in [7, 11) is 0. The number of carbonyl (C=O) groups is 1. The Labute approximate surface area is 310 Å². The fourth-order valence-electron chi connectivity index (χ4n) is 3.50. The molecule has 0 heterocycles. The Kier molecular flexibility index (Phi) is 44.5. The summed E-state index contributed by atoms with van der Waals surface area (Å²) < 4.78 is 80.8. The van der Waals surface area contributed by atoms with Gasteiger partial charge in [0.1, 0.15) is 6.61 Å². The van der Waals surface area contributed by atoms with E-state index in [1.807, 2.05) is 13.8 Å². The van der Waals surface area contributed by atoms with Crippen LogP contribution in [-0.2, 0) is 75.8 Å². The third kappa shape index (κ3) is 46.6. The molecule has 0 fully saturated rings. The van der Waals surface area contributed by atoms with Crippen molar-refractivity contribution in [3.8, 4) is 0 Å². The van der Waals surface area contributed by atoms with Crippen LogP contribution in [0.2, 0.25) is 0 Å². The average Bonchev–Trinajstić information content (AvgIpc) is 3.13. The van der Waals surface area contributed by atoms with Crippen LogP contribution in [0.1, 0.15) is 13.8 Å². The minimum absolute atomic E-state index is 0.0205. The molecule has 0 rings (SSSR count). The normalized spacial score (nSPS) is 11.4. The van der Waals surface area contributed by atoms with E-state index in [0.29, 0.717) is 185 Å². The lowest BCUT2D eigenvalue weighted by atomic mass is 10.3. The molecule has 0 saturated heterocycles. The van der Waals surface area contributed by atoms with Gasteiger partial charge in [-0.3, -0.25) is 0 Å². The molecule has 0 aromatic rings. The minimum atomic E-state index is -0.356. The highest BCUT2D eigenvalue weighted by Crippen LogP contribution is 1.92. The maximum atomic E-state index is 11.3. The molecule has 17 nitrogen and oxygen atoms in total.